The third-order valence-corrected chi connectivity index (χ3v) is 6.83. The summed E-state index contributed by atoms with van der Waals surface area (Å²) in [6.07, 6.45) is -4.58. The summed E-state index contributed by atoms with van der Waals surface area (Å²) in [5.41, 5.74) is -0.242. The van der Waals surface area contributed by atoms with Gasteiger partial charge in [0.1, 0.15) is 0 Å². The van der Waals surface area contributed by atoms with Gasteiger partial charge in [-0.2, -0.15) is 13.2 Å². The van der Waals surface area contributed by atoms with Crippen LogP contribution in [0.15, 0.2) is 82.2 Å². The molecule has 1 aliphatic heterocycles. The van der Waals surface area contributed by atoms with Gasteiger partial charge in [-0.25, -0.2) is 4.90 Å². The molecule has 174 valence electrons. The molecule has 0 aromatic heterocycles. The van der Waals surface area contributed by atoms with Gasteiger partial charge in [-0.15, -0.1) is 11.8 Å². The van der Waals surface area contributed by atoms with Crippen molar-refractivity contribution in [1.29, 1.82) is 0 Å². The molecule has 0 saturated carbocycles. The third kappa shape index (κ3) is 5.18. The minimum absolute atomic E-state index is 0.00633. The molecular weight excluding hydrogens is 533 g/mol. The highest BCUT2D eigenvalue weighted by atomic mass is 79.9. The predicted molar refractivity (Wildman–Crippen MR) is 127 cm³/mol. The quantitative estimate of drug-likeness (QED) is 0.388. The van der Waals surface area contributed by atoms with Crippen molar-refractivity contribution in [1.82, 2.24) is 0 Å². The largest absolute Gasteiger partial charge is 0.416 e. The summed E-state index contributed by atoms with van der Waals surface area (Å²) in [6, 6.07) is 17.5. The van der Waals surface area contributed by atoms with Crippen molar-refractivity contribution in [3.05, 3.63) is 88.4 Å². The van der Waals surface area contributed by atoms with Gasteiger partial charge in [0, 0.05) is 21.5 Å². The van der Waals surface area contributed by atoms with E-state index in [2.05, 4.69) is 21.2 Å². The number of nitrogens with zero attached hydrogens (tertiary/aromatic N) is 1. The zero-order valence-corrected chi connectivity index (χ0v) is 19.7. The molecule has 10 heteroatoms. The van der Waals surface area contributed by atoms with Crippen LogP contribution >= 0.6 is 27.7 Å². The lowest BCUT2D eigenvalue weighted by atomic mass is 10.1. The Hall–Kier alpha value is -3.11. The molecule has 1 atom stereocenters. The van der Waals surface area contributed by atoms with Crippen molar-refractivity contribution in [3.63, 3.8) is 0 Å². The summed E-state index contributed by atoms with van der Waals surface area (Å²) >= 11 is 4.39. The van der Waals surface area contributed by atoms with E-state index < -0.39 is 28.8 Å². The standard InChI is InChI=1S/C24H16BrF3N2O3S/c25-15-8-10-17(11-9-15)30-21(31)13-20(23(30)33)34-19-7-2-1-6-18(19)22(32)29-16-5-3-4-14(12-16)24(26,27)28/h1-12,20H,13H2,(H,29,32)/t20-/m1/s1. The Morgan fingerprint density at radius 2 is 1.71 bits per heavy atom. The molecule has 3 amide bonds. The monoisotopic (exact) mass is 548 g/mol. The number of hydrogen-bond acceptors (Lipinski definition) is 4. The Kier molecular flexibility index (Phi) is 6.81. The maximum Gasteiger partial charge on any atom is 0.416 e. The van der Waals surface area contributed by atoms with Crippen LogP contribution in [0.25, 0.3) is 0 Å². The van der Waals surface area contributed by atoms with Gasteiger partial charge in [-0.1, -0.05) is 34.1 Å². The zero-order chi connectivity index (χ0) is 24.5. The molecular formula is C24H16BrF3N2O3S. The van der Waals surface area contributed by atoms with Gasteiger partial charge in [0.2, 0.25) is 11.8 Å². The highest BCUT2D eigenvalue weighted by Crippen LogP contribution is 2.36. The van der Waals surface area contributed by atoms with E-state index in [0.717, 1.165) is 33.3 Å². The number of thioether (sulfide) groups is 1. The van der Waals surface area contributed by atoms with Crippen LogP contribution in [0.2, 0.25) is 0 Å². The van der Waals surface area contributed by atoms with Crippen molar-refractivity contribution in [3.8, 4) is 0 Å². The van der Waals surface area contributed by atoms with E-state index in [9.17, 15) is 27.6 Å². The number of alkyl halides is 3. The van der Waals surface area contributed by atoms with Gasteiger partial charge >= 0.3 is 6.18 Å². The van der Waals surface area contributed by atoms with Gasteiger partial charge in [0.25, 0.3) is 5.91 Å². The van der Waals surface area contributed by atoms with Crippen molar-refractivity contribution in [2.45, 2.75) is 22.7 Å². The van der Waals surface area contributed by atoms with E-state index in [1.54, 1.807) is 42.5 Å². The van der Waals surface area contributed by atoms with Crippen LogP contribution in [-0.4, -0.2) is 23.0 Å². The number of halogens is 4. The Morgan fingerprint density at radius 3 is 2.41 bits per heavy atom. The number of benzene rings is 3. The van der Waals surface area contributed by atoms with Gasteiger partial charge in [0.15, 0.2) is 0 Å². The molecule has 0 unspecified atom stereocenters. The SMILES string of the molecule is O=C(Nc1cccc(C(F)(F)F)c1)c1ccccc1S[C@@H]1CC(=O)N(c2ccc(Br)cc2)C1=O. The van der Waals surface area contributed by atoms with Crippen LogP contribution < -0.4 is 10.2 Å². The Morgan fingerprint density at radius 1 is 1.00 bits per heavy atom. The minimum Gasteiger partial charge on any atom is -0.322 e. The van der Waals surface area contributed by atoms with Crippen molar-refractivity contribution < 1.29 is 27.6 Å². The number of anilines is 2. The molecule has 1 fully saturated rings. The van der Waals surface area contributed by atoms with Crippen LogP contribution in [0.4, 0.5) is 24.5 Å². The lowest BCUT2D eigenvalue weighted by Crippen LogP contribution is -2.31. The fraction of sp³-hybridized carbons (Fsp3) is 0.125. The molecule has 0 bridgehead atoms. The second kappa shape index (κ2) is 9.63. The molecule has 1 N–H and O–H groups in total. The van der Waals surface area contributed by atoms with Crippen LogP contribution in [-0.2, 0) is 15.8 Å². The van der Waals surface area contributed by atoms with E-state index in [1.165, 1.54) is 18.2 Å². The Labute approximate surface area is 205 Å². The van der Waals surface area contributed by atoms with Crippen LogP contribution in [0.1, 0.15) is 22.3 Å². The molecule has 5 nitrogen and oxygen atoms in total. The Balaban J connectivity index is 1.53. The van der Waals surface area contributed by atoms with Crippen molar-refractivity contribution >= 4 is 56.8 Å². The number of hydrogen-bond donors (Lipinski definition) is 1. The fourth-order valence-electron chi connectivity index (χ4n) is 3.44. The maximum absolute atomic E-state index is 13.0. The first-order valence-electron chi connectivity index (χ1n) is 10.00. The number of nitrogens with one attached hydrogen (secondary N) is 1. The normalized spacial score (nSPS) is 16.1. The first-order valence-corrected chi connectivity index (χ1v) is 11.7. The van der Waals surface area contributed by atoms with E-state index in [-0.39, 0.29) is 23.6 Å². The first-order chi connectivity index (χ1) is 16.1. The smallest absolute Gasteiger partial charge is 0.322 e. The van der Waals surface area contributed by atoms with Crippen LogP contribution in [0.5, 0.6) is 0 Å². The van der Waals surface area contributed by atoms with Gasteiger partial charge in [-0.05, 0) is 54.6 Å². The molecule has 4 rings (SSSR count). The minimum atomic E-state index is -4.54. The molecule has 1 aliphatic rings. The van der Waals surface area contributed by atoms with Crippen LogP contribution in [0, 0.1) is 0 Å². The highest BCUT2D eigenvalue weighted by Gasteiger charge is 2.40. The van der Waals surface area contributed by atoms with E-state index in [0.29, 0.717) is 10.6 Å². The summed E-state index contributed by atoms with van der Waals surface area (Å²) < 4.78 is 39.7. The van der Waals surface area contributed by atoms with Crippen molar-refractivity contribution in [2.24, 2.45) is 0 Å². The van der Waals surface area contributed by atoms with E-state index in [4.69, 9.17) is 0 Å². The third-order valence-electron chi connectivity index (χ3n) is 5.04. The second-order valence-electron chi connectivity index (χ2n) is 7.38. The summed E-state index contributed by atoms with van der Waals surface area (Å²) in [7, 11) is 0. The average Bonchev–Trinajstić information content (AvgIpc) is 3.07. The number of rotatable bonds is 5. The molecule has 34 heavy (non-hydrogen) atoms. The van der Waals surface area contributed by atoms with Gasteiger partial charge in [0.05, 0.1) is 22.1 Å². The molecule has 3 aromatic carbocycles. The van der Waals surface area contributed by atoms with E-state index >= 15 is 0 Å². The number of carbonyl (C=O) groups excluding carboxylic acids is 3. The van der Waals surface area contributed by atoms with E-state index in [1.807, 2.05) is 0 Å². The van der Waals surface area contributed by atoms with Gasteiger partial charge in [-0.3, -0.25) is 14.4 Å². The zero-order valence-electron chi connectivity index (χ0n) is 17.3. The van der Waals surface area contributed by atoms with Crippen molar-refractivity contribution in [2.75, 3.05) is 10.2 Å². The highest BCUT2D eigenvalue weighted by molar-refractivity contribution is 9.10. The lowest BCUT2D eigenvalue weighted by Gasteiger charge is -2.16. The van der Waals surface area contributed by atoms with Gasteiger partial charge < -0.3 is 5.32 Å². The summed E-state index contributed by atoms with van der Waals surface area (Å²) in [4.78, 5) is 39.9. The molecule has 3 aromatic rings. The Bertz CT molecular complexity index is 1260. The number of imide groups is 1. The molecule has 0 spiro atoms. The second-order valence-corrected chi connectivity index (χ2v) is 9.54. The average molecular weight is 549 g/mol. The first kappa shape index (κ1) is 24.0. The number of carbonyl (C=O) groups is 3. The molecule has 1 heterocycles. The summed E-state index contributed by atoms with van der Waals surface area (Å²) in [5, 5.41) is 1.74. The topological polar surface area (TPSA) is 66.5 Å². The molecule has 0 aliphatic carbocycles. The number of amides is 3. The summed E-state index contributed by atoms with van der Waals surface area (Å²) in [5.74, 6) is -1.37. The van der Waals surface area contributed by atoms with Crippen LogP contribution in [0.3, 0.4) is 0 Å². The maximum atomic E-state index is 13.0. The predicted octanol–water partition coefficient (Wildman–Crippen LogP) is 6.14. The lowest BCUT2D eigenvalue weighted by molar-refractivity contribution is -0.137. The molecule has 0 radical (unpaired) electrons. The molecule has 1 saturated heterocycles. The fourth-order valence-corrected chi connectivity index (χ4v) is 4.89. The summed E-state index contributed by atoms with van der Waals surface area (Å²) in [6.45, 7) is 0.